The Bertz CT molecular complexity index is 682. The second-order valence-corrected chi connectivity index (χ2v) is 7.89. The van der Waals surface area contributed by atoms with E-state index in [4.69, 9.17) is 10.5 Å². The summed E-state index contributed by atoms with van der Waals surface area (Å²) in [5.41, 5.74) is 7.55. The lowest BCUT2D eigenvalue weighted by molar-refractivity contribution is 0.00515. The molecular formula is C21H33N3O3. The van der Waals surface area contributed by atoms with E-state index in [1.54, 1.807) is 15.9 Å². The van der Waals surface area contributed by atoms with Crippen LogP contribution in [0.25, 0.3) is 0 Å². The lowest BCUT2D eigenvalue weighted by Gasteiger charge is -2.38. The molecule has 27 heavy (non-hydrogen) atoms. The Morgan fingerprint density at radius 3 is 2.59 bits per heavy atom. The van der Waals surface area contributed by atoms with Gasteiger partial charge in [0, 0.05) is 25.3 Å². The Kier molecular flexibility index (Phi) is 6.73. The smallest absolute Gasteiger partial charge is 0.410 e. The second kappa shape index (κ2) is 8.63. The average Bonchev–Trinajstić information content (AvgIpc) is 2.93. The molecule has 1 atom stereocenters. The van der Waals surface area contributed by atoms with Gasteiger partial charge in [-0.3, -0.25) is 4.79 Å². The highest BCUT2D eigenvalue weighted by Crippen LogP contribution is 2.29. The van der Waals surface area contributed by atoms with Gasteiger partial charge in [0.25, 0.3) is 5.91 Å². The monoisotopic (exact) mass is 375 g/mol. The maximum absolute atomic E-state index is 12.7. The molecule has 2 N–H and O–H groups in total. The van der Waals surface area contributed by atoms with Gasteiger partial charge in [0.1, 0.15) is 5.60 Å². The van der Waals surface area contributed by atoms with E-state index in [0.717, 1.165) is 24.8 Å². The number of anilines is 1. The number of hydrogen-bond donors (Lipinski definition) is 1. The third-order valence-corrected chi connectivity index (χ3v) is 4.73. The number of ether oxygens (including phenoxy) is 1. The van der Waals surface area contributed by atoms with Gasteiger partial charge in [-0.2, -0.15) is 0 Å². The number of nitrogens with two attached hydrogens (primary N) is 1. The van der Waals surface area contributed by atoms with Crippen molar-refractivity contribution in [2.45, 2.75) is 72.1 Å². The van der Waals surface area contributed by atoms with Gasteiger partial charge < -0.3 is 20.3 Å². The zero-order chi connectivity index (χ0) is 20.2. The van der Waals surface area contributed by atoms with Crippen molar-refractivity contribution < 1.29 is 14.3 Å². The minimum atomic E-state index is -0.521. The van der Waals surface area contributed by atoms with Crippen LogP contribution in [-0.2, 0) is 11.3 Å². The molecule has 1 saturated heterocycles. The molecule has 1 aromatic rings. The molecule has 0 radical (unpaired) electrons. The van der Waals surface area contributed by atoms with E-state index in [0.29, 0.717) is 30.9 Å². The highest BCUT2D eigenvalue weighted by atomic mass is 16.6. The van der Waals surface area contributed by atoms with Crippen molar-refractivity contribution in [2.24, 2.45) is 0 Å². The summed E-state index contributed by atoms with van der Waals surface area (Å²) < 4.78 is 5.54. The quantitative estimate of drug-likeness (QED) is 0.792. The third-order valence-electron chi connectivity index (χ3n) is 4.73. The summed E-state index contributed by atoms with van der Waals surface area (Å²) in [4.78, 5) is 28.8. The van der Waals surface area contributed by atoms with E-state index in [-0.39, 0.29) is 18.0 Å². The van der Waals surface area contributed by atoms with E-state index < -0.39 is 5.60 Å². The molecule has 0 bridgehead atoms. The van der Waals surface area contributed by atoms with Crippen LogP contribution in [0.5, 0.6) is 0 Å². The van der Waals surface area contributed by atoms with Crippen molar-refractivity contribution in [2.75, 3.05) is 18.8 Å². The standard InChI is InChI=1S/C19H27N3O3.C2H6/c1-19(2,3)25-18(24)22-10-5-4-8-14(22)12-21-11-13-7-6-9-15(20)16(13)17(21)23;1-2/h6-7,9,14H,4-5,8,10-12,20H2,1-3H3;1-2H3. The fourth-order valence-electron chi connectivity index (χ4n) is 3.60. The molecule has 0 aliphatic carbocycles. The number of carbonyl (C=O) groups excluding carboxylic acids is 2. The normalized spacial score (nSPS) is 19.3. The van der Waals surface area contributed by atoms with Gasteiger partial charge in [-0.1, -0.05) is 26.0 Å². The molecule has 0 aromatic heterocycles. The predicted molar refractivity (Wildman–Crippen MR) is 108 cm³/mol. The maximum atomic E-state index is 12.7. The summed E-state index contributed by atoms with van der Waals surface area (Å²) in [5.74, 6) is -0.0391. The van der Waals surface area contributed by atoms with Crippen molar-refractivity contribution in [1.29, 1.82) is 0 Å². The Morgan fingerprint density at radius 1 is 1.26 bits per heavy atom. The maximum Gasteiger partial charge on any atom is 0.410 e. The summed E-state index contributed by atoms with van der Waals surface area (Å²) in [6, 6.07) is 5.56. The van der Waals surface area contributed by atoms with Gasteiger partial charge in [-0.15, -0.1) is 0 Å². The van der Waals surface area contributed by atoms with Gasteiger partial charge in [0.2, 0.25) is 0 Å². The Morgan fingerprint density at radius 2 is 1.96 bits per heavy atom. The van der Waals surface area contributed by atoms with Crippen LogP contribution in [0.2, 0.25) is 0 Å². The molecule has 3 rings (SSSR count). The molecule has 6 heteroatoms. The van der Waals surface area contributed by atoms with Crippen molar-refractivity contribution in [1.82, 2.24) is 9.80 Å². The van der Waals surface area contributed by atoms with E-state index in [1.807, 2.05) is 46.8 Å². The fourth-order valence-corrected chi connectivity index (χ4v) is 3.60. The summed E-state index contributed by atoms with van der Waals surface area (Å²) in [6.45, 7) is 11.4. The molecule has 150 valence electrons. The number of rotatable bonds is 2. The van der Waals surface area contributed by atoms with E-state index in [1.165, 1.54) is 0 Å². The molecule has 6 nitrogen and oxygen atoms in total. The average molecular weight is 376 g/mol. The number of nitrogens with zero attached hydrogens (tertiary/aromatic N) is 2. The van der Waals surface area contributed by atoms with E-state index in [9.17, 15) is 9.59 Å². The zero-order valence-electron chi connectivity index (χ0n) is 17.2. The number of likely N-dealkylation sites (tertiary alicyclic amines) is 1. The van der Waals surface area contributed by atoms with Crippen molar-refractivity contribution in [3.05, 3.63) is 29.3 Å². The first-order chi connectivity index (χ1) is 12.8. The van der Waals surface area contributed by atoms with Crippen LogP contribution in [0.4, 0.5) is 10.5 Å². The molecule has 0 saturated carbocycles. The minimum Gasteiger partial charge on any atom is -0.444 e. The van der Waals surface area contributed by atoms with Crippen LogP contribution in [0.1, 0.15) is 69.8 Å². The summed E-state index contributed by atoms with van der Waals surface area (Å²) in [7, 11) is 0. The van der Waals surface area contributed by atoms with Crippen LogP contribution >= 0.6 is 0 Å². The van der Waals surface area contributed by atoms with Crippen LogP contribution < -0.4 is 5.73 Å². The summed E-state index contributed by atoms with van der Waals surface area (Å²) in [5, 5.41) is 0. The first kappa shape index (κ1) is 21.1. The molecule has 2 aliphatic heterocycles. The first-order valence-electron chi connectivity index (χ1n) is 9.92. The number of piperidine rings is 1. The molecule has 1 fully saturated rings. The summed E-state index contributed by atoms with van der Waals surface area (Å²) in [6.07, 6.45) is 2.62. The lowest BCUT2D eigenvalue weighted by Crippen LogP contribution is -2.51. The van der Waals surface area contributed by atoms with Crippen LogP contribution in [0.15, 0.2) is 18.2 Å². The molecular weight excluding hydrogens is 342 g/mol. The van der Waals surface area contributed by atoms with E-state index in [2.05, 4.69) is 0 Å². The SMILES string of the molecule is CC.CC(C)(C)OC(=O)N1CCCCC1CN1Cc2cccc(N)c2C1=O. The first-order valence-corrected chi connectivity index (χ1v) is 9.92. The highest BCUT2D eigenvalue weighted by molar-refractivity contribution is 6.03. The summed E-state index contributed by atoms with van der Waals surface area (Å²) >= 11 is 0. The van der Waals surface area contributed by atoms with Crippen LogP contribution in [0.3, 0.4) is 0 Å². The molecule has 1 unspecified atom stereocenters. The number of fused-ring (bicyclic) bond motifs is 1. The number of carbonyl (C=O) groups is 2. The van der Waals surface area contributed by atoms with Gasteiger partial charge >= 0.3 is 6.09 Å². The molecule has 2 heterocycles. The predicted octanol–water partition coefficient (Wildman–Crippen LogP) is 4.04. The Balaban J connectivity index is 0.00000126. The fraction of sp³-hybridized carbons (Fsp3) is 0.619. The van der Waals surface area contributed by atoms with Gasteiger partial charge in [-0.05, 0) is 51.7 Å². The van der Waals surface area contributed by atoms with Crippen molar-refractivity contribution in [3.8, 4) is 0 Å². The van der Waals surface area contributed by atoms with Gasteiger partial charge in [0.15, 0.2) is 0 Å². The molecule has 0 spiro atoms. The minimum absolute atomic E-state index is 0.0110. The highest BCUT2D eigenvalue weighted by Gasteiger charge is 2.35. The van der Waals surface area contributed by atoms with Gasteiger partial charge in [0.05, 0.1) is 11.6 Å². The van der Waals surface area contributed by atoms with E-state index >= 15 is 0 Å². The molecule has 2 aliphatic rings. The van der Waals surface area contributed by atoms with Crippen molar-refractivity contribution in [3.63, 3.8) is 0 Å². The Hall–Kier alpha value is -2.24. The van der Waals surface area contributed by atoms with Crippen LogP contribution in [0, 0.1) is 0 Å². The number of hydrogen-bond acceptors (Lipinski definition) is 4. The molecule has 2 amide bonds. The number of nitrogen functional groups attached to an aromatic ring is 1. The third kappa shape index (κ3) is 4.93. The number of amides is 2. The molecule has 1 aromatic carbocycles. The van der Waals surface area contributed by atoms with Crippen molar-refractivity contribution >= 4 is 17.7 Å². The lowest BCUT2D eigenvalue weighted by atomic mass is 10.0. The van der Waals surface area contributed by atoms with Gasteiger partial charge in [-0.25, -0.2) is 4.79 Å². The zero-order valence-corrected chi connectivity index (χ0v) is 17.2. The topological polar surface area (TPSA) is 75.9 Å². The Labute approximate surface area is 162 Å². The second-order valence-electron chi connectivity index (χ2n) is 7.89. The van der Waals surface area contributed by atoms with Crippen LogP contribution in [-0.4, -0.2) is 46.5 Å². The number of benzene rings is 1. The largest absolute Gasteiger partial charge is 0.444 e.